The van der Waals surface area contributed by atoms with Crippen molar-refractivity contribution in [1.82, 2.24) is 9.97 Å². The third-order valence-corrected chi connectivity index (χ3v) is 8.75. The Kier molecular flexibility index (Phi) is 4.93. The minimum Gasteiger partial charge on any atom is -0.256 e. The maximum absolute atomic E-state index is 4.61. The molecule has 42 heavy (non-hydrogen) atoms. The van der Waals surface area contributed by atoms with E-state index in [0.29, 0.717) is 0 Å². The summed E-state index contributed by atoms with van der Waals surface area (Å²) in [7, 11) is 0. The molecule has 0 radical (unpaired) electrons. The molecule has 2 nitrogen and oxygen atoms in total. The van der Waals surface area contributed by atoms with E-state index in [1.54, 1.807) is 0 Å². The van der Waals surface area contributed by atoms with Gasteiger partial charge in [-0.15, -0.1) is 0 Å². The normalized spacial score (nSPS) is 11.8. The van der Waals surface area contributed by atoms with Gasteiger partial charge in [-0.25, -0.2) is 0 Å². The molecule has 0 amide bonds. The lowest BCUT2D eigenvalue weighted by Crippen LogP contribution is -1.90. The summed E-state index contributed by atoms with van der Waals surface area (Å²) in [5.74, 6) is 0. The molecule has 2 aromatic heterocycles. The molecule has 0 aliphatic heterocycles. The van der Waals surface area contributed by atoms with Crippen LogP contribution in [0.5, 0.6) is 0 Å². The van der Waals surface area contributed by atoms with E-state index < -0.39 is 0 Å². The van der Waals surface area contributed by atoms with Gasteiger partial charge in [0.25, 0.3) is 0 Å². The van der Waals surface area contributed by atoms with E-state index >= 15 is 0 Å². The second-order valence-corrected chi connectivity index (χ2v) is 11.0. The predicted molar refractivity (Wildman–Crippen MR) is 177 cm³/mol. The van der Waals surface area contributed by atoms with Crippen LogP contribution in [0, 0.1) is 0 Å². The van der Waals surface area contributed by atoms with Crippen molar-refractivity contribution in [1.29, 1.82) is 0 Å². The molecule has 0 aliphatic rings. The first-order valence-electron chi connectivity index (χ1n) is 14.3. The van der Waals surface area contributed by atoms with Gasteiger partial charge in [0, 0.05) is 23.2 Å². The van der Waals surface area contributed by atoms with Crippen LogP contribution in [-0.2, 0) is 0 Å². The zero-order valence-electron chi connectivity index (χ0n) is 22.8. The summed E-state index contributed by atoms with van der Waals surface area (Å²) in [5, 5.41) is 10.1. The van der Waals surface area contributed by atoms with Gasteiger partial charge in [0.1, 0.15) is 0 Å². The van der Waals surface area contributed by atoms with E-state index in [0.717, 1.165) is 11.0 Å². The smallest absolute Gasteiger partial charge is 0.0708 e. The second-order valence-electron chi connectivity index (χ2n) is 11.0. The second kappa shape index (κ2) is 8.95. The van der Waals surface area contributed by atoms with Crippen molar-refractivity contribution in [2.45, 2.75) is 0 Å². The third-order valence-electron chi connectivity index (χ3n) is 8.75. The highest BCUT2D eigenvalue weighted by molar-refractivity contribution is 6.28. The predicted octanol–water partition coefficient (Wildman–Crippen LogP) is 10.7. The Morgan fingerprint density at radius 1 is 0.310 bits per heavy atom. The summed E-state index contributed by atoms with van der Waals surface area (Å²) in [6.45, 7) is 0. The van der Waals surface area contributed by atoms with Crippen molar-refractivity contribution in [3.05, 3.63) is 146 Å². The van der Waals surface area contributed by atoms with E-state index in [1.807, 2.05) is 24.5 Å². The molecule has 2 heterocycles. The highest BCUT2D eigenvalue weighted by atomic mass is 14.6. The first-order chi connectivity index (χ1) is 20.8. The summed E-state index contributed by atoms with van der Waals surface area (Å²) in [5.41, 5.74) is 9.38. The van der Waals surface area contributed by atoms with Gasteiger partial charge in [-0.2, -0.15) is 0 Å². The molecular weight excluding hydrogens is 508 g/mol. The summed E-state index contributed by atoms with van der Waals surface area (Å²) in [4.78, 5) is 9.16. The quantitative estimate of drug-likeness (QED) is 0.212. The molecule has 9 rings (SSSR count). The first kappa shape index (κ1) is 23.1. The van der Waals surface area contributed by atoms with Gasteiger partial charge < -0.3 is 0 Å². The van der Waals surface area contributed by atoms with Crippen LogP contribution >= 0.6 is 0 Å². The Hall–Kier alpha value is -5.60. The zero-order valence-corrected chi connectivity index (χ0v) is 22.8. The number of hydrogen-bond acceptors (Lipinski definition) is 2. The molecule has 9 aromatic rings. The summed E-state index contributed by atoms with van der Waals surface area (Å²) in [6.07, 6.45) is 3.72. The number of hydrogen-bond donors (Lipinski definition) is 0. The standard InChI is InChI=1S/C40H24N2/c1-5-29(33-7-3-23-41-37(33)9-1)25-11-13-26(14-12-25)30-19-15-27-18-22-36-32(20-16-28-17-21-35(30)39(27)40(28)36)31-6-2-10-38-34(31)8-4-24-42-38/h1-24H. The Morgan fingerprint density at radius 2 is 0.762 bits per heavy atom. The molecule has 0 fully saturated rings. The highest BCUT2D eigenvalue weighted by Crippen LogP contribution is 2.43. The number of aromatic nitrogens is 2. The lowest BCUT2D eigenvalue weighted by atomic mass is 9.86. The fraction of sp³-hybridized carbons (Fsp3) is 0. The monoisotopic (exact) mass is 532 g/mol. The minimum absolute atomic E-state index is 1.02. The lowest BCUT2D eigenvalue weighted by Gasteiger charge is -2.17. The van der Waals surface area contributed by atoms with E-state index in [1.165, 1.54) is 76.5 Å². The van der Waals surface area contributed by atoms with Crippen molar-refractivity contribution < 1.29 is 0 Å². The number of benzene rings is 7. The number of nitrogens with zero attached hydrogens (tertiary/aromatic N) is 2. The molecule has 7 aromatic carbocycles. The molecule has 0 saturated carbocycles. The summed E-state index contributed by atoms with van der Waals surface area (Å²) in [6, 6.07) is 48.3. The molecule has 0 N–H and O–H groups in total. The number of pyridine rings is 2. The van der Waals surface area contributed by atoms with Crippen LogP contribution in [0.2, 0.25) is 0 Å². The van der Waals surface area contributed by atoms with Crippen LogP contribution in [-0.4, -0.2) is 9.97 Å². The van der Waals surface area contributed by atoms with Gasteiger partial charge in [-0.05, 0) is 90.0 Å². The van der Waals surface area contributed by atoms with Crippen LogP contribution in [0.3, 0.4) is 0 Å². The van der Waals surface area contributed by atoms with Crippen molar-refractivity contribution in [3.63, 3.8) is 0 Å². The van der Waals surface area contributed by atoms with Gasteiger partial charge in [0.2, 0.25) is 0 Å². The van der Waals surface area contributed by atoms with E-state index in [2.05, 4.69) is 131 Å². The Labute approximate surface area is 242 Å². The highest BCUT2D eigenvalue weighted by Gasteiger charge is 2.16. The summed E-state index contributed by atoms with van der Waals surface area (Å²) < 4.78 is 0. The molecule has 194 valence electrons. The largest absolute Gasteiger partial charge is 0.256 e. The number of rotatable bonds is 3. The number of fused-ring (bicyclic) bond motifs is 2. The molecular formula is C40H24N2. The fourth-order valence-electron chi connectivity index (χ4n) is 6.81. The van der Waals surface area contributed by atoms with Crippen LogP contribution in [0.15, 0.2) is 146 Å². The van der Waals surface area contributed by atoms with Gasteiger partial charge >= 0.3 is 0 Å². The van der Waals surface area contributed by atoms with Crippen molar-refractivity contribution in [3.8, 4) is 33.4 Å². The minimum atomic E-state index is 1.02. The summed E-state index contributed by atoms with van der Waals surface area (Å²) >= 11 is 0. The average Bonchev–Trinajstić information content (AvgIpc) is 3.06. The Balaban J connectivity index is 1.24. The van der Waals surface area contributed by atoms with E-state index in [-0.39, 0.29) is 0 Å². The topological polar surface area (TPSA) is 25.8 Å². The van der Waals surface area contributed by atoms with Gasteiger partial charge in [-0.1, -0.05) is 109 Å². The average molecular weight is 533 g/mol. The lowest BCUT2D eigenvalue weighted by molar-refractivity contribution is 1.41. The van der Waals surface area contributed by atoms with Gasteiger partial charge in [0.15, 0.2) is 0 Å². The Bertz CT molecular complexity index is 2450. The third kappa shape index (κ3) is 3.39. The molecule has 0 atom stereocenters. The zero-order chi connectivity index (χ0) is 27.6. The van der Waals surface area contributed by atoms with Crippen LogP contribution in [0.25, 0.3) is 87.5 Å². The van der Waals surface area contributed by atoms with E-state index in [4.69, 9.17) is 0 Å². The molecule has 0 saturated heterocycles. The van der Waals surface area contributed by atoms with E-state index in [9.17, 15) is 0 Å². The van der Waals surface area contributed by atoms with Crippen LogP contribution < -0.4 is 0 Å². The van der Waals surface area contributed by atoms with Gasteiger partial charge in [0.05, 0.1) is 11.0 Å². The van der Waals surface area contributed by atoms with Crippen LogP contribution in [0.1, 0.15) is 0 Å². The van der Waals surface area contributed by atoms with Crippen molar-refractivity contribution in [2.75, 3.05) is 0 Å². The Morgan fingerprint density at radius 3 is 1.38 bits per heavy atom. The van der Waals surface area contributed by atoms with Gasteiger partial charge in [-0.3, -0.25) is 9.97 Å². The molecule has 0 unspecified atom stereocenters. The van der Waals surface area contributed by atoms with Crippen LogP contribution in [0.4, 0.5) is 0 Å². The van der Waals surface area contributed by atoms with Crippen molar-refractivity contribution >= 4 is 54.1 Å². The first-order valence-corrected chi connectivity index (χ1v) is 14.3. The molecule has 2 heteroatoms. The maximum Gasteiger partial charge on any atom is 0.0708 e. The maximum atomic E-state index is 4.61. The van der Waals surface area contributed by atoms with Crippen molar-refractivity contribution in [2.24, 2.45) is 0 Å². The molecule has 0 aliphatic carbocycles. The molecule has 0 bridgehead atoms. The molecule has 0 spiro atoms. The fourth-order valence-corrected chi connectivity index (χ4v) is 6.81. The SMILES string of the molecule is c1cc(-c2ccc(-c3ccc4ccc5c(-c6cccc7ncccc67)ccc6ccc3c4c65)cc2)c2cccnc2c1.